The SMILES string of the molecule is COc1ccc(CNCc2ccc(S(=O)(=O)N3CCCC3)cc2)cc1. The van der Waals surface area contributed by atoms with Gasteiger partial charge < -0.3 is 10.1 Å². The molecule has 0 aromatic heterocycles. The predicted octanol–water partition coefficient (Wildman–Crippen LogP) is 2.77. The molecule has 3 rings (SSSR count). The molecule has 1 saturated heterocycles. The molecule has 1 heterocycles. The Morgan fingerprint density at radius 3 is 1.96 bits per heavy atom. The maximum absolute atomic E-state index is 12.5. The Hall–Kier alpha value is -1.89. The van der Waals surface area contributed by atoms with Gasteiger partial charge in [0, 0.05) is 26.2 Å². The van der Waals surface area contributed by atoms with Crippen molar-refractivity contribution in [1.82, 2.24) is 9.62 Å². The van der Waals surface area contributed by atoms with Gasteiger partial charge in [-0.15, -0.1) is 0 Å². The fraction of sp³-hybridized carbons (Fsp3) is 0.368. The van der Waals surface area contributed by atoms with Crippen molar-refractivity contribution in [2.24, 2.45) is 0 Å². The van der Waals surface area contributed by atoms with Crippen molar-refractivity contribution in [2.45, 2.75) is 30.8 Å². The van der Waals surface area contributed by atoms with Crippen LogP contribution in [-0.4, -0.2) is 32.9 Å². The summed E-state index contributed by atoms with van der Waals surface area (Å²) in [5, 5.41) is 3.37. The fourth-order valence-corrected chi connectivity index (χ4v) is 4.47. The first-order valence-corrected chi connectivity index (χ1v) is 9.96. The molecule has 0 saturated carbocycles. The number of methoxy groups -OCH3 is 1. The number of hydrogen-bond donors (Lipinski definition) is 1. The lowest BCUT2D eigenvalue weighted by Crippen LogP contribution is -2.27. The molecule has 0 bridgehead atoms. The molecule has 0 atom stereocenters. The highest BCUT2D eigenvalue weighted by molar-refractivity contribution is 7.89. The summed E-state index contributed by atoms with van der Waals surface area (Å²) in [4.78, 5) is 0.383. The van der Waals surface area contributed by atoms with Crippen molar-refractivity contribution in [1.29, 1.82) is 0 Å². The minimum absolute atomic E-state index is 0.383. The van der Waals surface area contributed by atoms with E-state index < -0.39 is 10.0 Å². The highest BCUT2D eigenvalue weighted by Crippen LogP contribution is 2.21. The summed E-state index contributed by atoms with van der Waals surface area (Å²) in [5.74, 6) is 0.846. The Morgan fingerprint density at radius 2 is 1.44 bits per heavy atom. The van der Waals surface area contributed by atoms with Gasteiger partial charge in [0.05, 0.1) is 12.0 Å². The lowest BCUT2D eigenvalue weighted by molar-refractivity contribution is 0.414. The summed E-state index contributed by atoms with van der Waals surface area (Å²) in [7, 11) is -1.67. The third kappa shape index (κ3) is 4.39. The van der Waals surface area contributed by atoms with Gasteiger partial charge in [0.15, 0.2) is 0 Å². The van der Waals surface area contributed by atoms with Crippen molar-refractivity contribution in [3.8, 4) is 5.75 Å². The second-order valence-corrected chi connectivity index (χ2v) is 8.14. The Kier molecular flexibility index (Phi) is 5.73. The van der Waals surface area contributed by atoms with Crippen molar-refractivity contribution < 1.29 is 13.2 Å². The molecule has 1 N–H and O–H groups in total. The summed E-state index contributed by atoms with van der Waals surface area (Å²) in [6.07, 6.45) is 1.90. The normalized spacial score (nSPS) is 15.4. The quantitative estimate of drug-likeness (QED) is 0.825. The van der Waals surface area contributed by atoms with E-state index in [4.69, 9.17) is 4.74 Å². The average molecular weight is 360 g/mol. The number of nitrogens with zero attached hydrogens (tertiary/aromatic N) is 1. The van der Waals surface area contributed by atoms with Gasteiger partial charge in [-0.25, -0.2) is 8.42 Å². The van der Waals surface area contributed by atoms with E-state index in [9.17, 15) is 8.42 Å². The van der Waals surface area contributed by atoms with Crippen LogP contribution in [0.25, 0.3) is 0 Å². The van der Waals surface area contributed by atoms with E-state index in [-0.39, 0.29) is 0 Å². The zero-order valence-corrected chi connectivity index (χ0v) is 15.3. The van der Waals surface area contributed by atoms with Crippen molar-refractivity contribution >= 4 is 10.0 Å². The van der Waals surface area contributed by atoms with Gasteiger partial charge in [-0.05, 0) is 48.2 Å². The van der Waals surface area contributed by atoms with E-state index in [0.717, 1.165) is 30.7 Å². The number of sulfonamides is 1. The summed E-state index contributed by atoms with van der Waals surface area (Å²) in [5.41, 5.74) is 2.24. The Bertz CT molecular complexity index is 780. The molecule has 0 amide bonds. The summed E-state index contributed by atoms with van der Waals surface area (Å²) in [6.45, 7) is 2.70. The monoisotopic (exact) mass is 360 g/mol. The molecule has 2 aromatic rings. The van der Waals surface area contributed by atoms with Gasteiger partial charge >= 0.3 is 0 Å². The zero-order valence-electron chi connectivity index (χ0n) is 14.4. The first kappa shape index (κ1) is 17.9. The molecule has 0 spiro atoms. The molecule has 0 aliphatic carbocycles. The third-order valence-corrected chi connectivity index (χ3v) is 6.36. The number of rotatable bonds is 7. The zero-order chi connectivity index (χ0) is 17.7. The van der Waals surface area contributed by atoms with E-state index in [1.165, 1.54) is 5.56 Å². The van der Waals surface area contributed by atoms with Gasteiger partial charge in [-0.1, -0.05) is 24.3 Å². The standard InChI is InChI=1S/C19H24N2O3S/c1-24-18-8-4-16(5-9-18)14-20-15-17-6-10-19(11-7-17)25(22,23)21-12-2-3-13-21/h4-11,20H,2-3,12-15H2,1H3. The molecule has 25 heavy (non-hydrogen) atoms. The van der Waals surface area contributed by atoms with Crippen LogP contribution < -0.4 is 10.1 Å². The molecule has 1 aliphatic heterocycles. The summed E-state index contributed by atoms with van der Waals surface area (Å²) >= 11 is 0. The molecule has 5 nitrogen and oxygen atoms in total. The van der Waals surface area contributed by atoms with Crippen LogP contribution in [0.4, 0.5) is 0 Å². The molecule has 2 aromatic carbocycles. The first-order valence-electron chi connectivity index (χ1n) is 8.52. The number of ether oxygens (including phenoxy) is 1. The molecule has 134 valence electrons. The van der Waals surface area contributed by atoms with E-state index in [0.29, 0.717) is 24.5 Å². The summed E-state index contributed by atoms with van der Waals surface area (Å²) < 4.78 is 31.7. The van der Waals surface area contributed by atoms with E-state index in [1.807, 2.05) is 36.4 Å². The van der Waals surface area contributed by atoms with Crippen LogP contribution in [-0.2, 0) is 23.1 Å². The second-order valence-electron chi connectivity index (χ2n) is 6.21. The smallest absolute Gasteiger partial charge is 0.243 e. The van der Waals surface area contributed by atoms with E-state index >= 15 is 0 Å². The largest absolute Gasteiger partial charge is 0.497 e. The highest BCUT2D eigenvalue weighted by Gasteiger charge is 2.26. The van der Waals surface area contributed by atoms with Crippen molar-refractivity contribution in [3.63, 3.8) is 0 Å². The molecular weight excluding hydrogens is 336 g/mol. The lowest BCUT2D eigenvalue weighted by Gasteiger charge is -2.15. The highest BCUT2D eigenvalue weighted by atomic mass is 32.2. The molecule has 1 fully saturated rings. The van der Waals surface area contributed by atoms with Gasteiger partial charge in [0.25, 0.3) is 0 Å². The van der Waals surface area contributed by atoms with Crippen LogP contribution in [0.15, 0.2) is 53.4 Å². The number of benzene rings is 2. The van der Waals surface area contributed by atoms with Gasteiger partial charge in [-0.3, -0.25) is 0 Å². The van der Waals surface area contributed by atoms with Gasteiger partial charge in [0.2, 0.25) is 10.0 Å². The van der Waals surface area contributed by atoms with Gasteiger partial charge in [-0.2, -0.15) is 4.31 Å². The van der Waals surface area contributed by atoms with Crippen LogP contribution in [0, 0.1) is 0 Å². The van der Waals surface area contributed by atoms with E-state index in [2.05, 4.69) is 5.32 Å². The van der Waals surface area contributed by atoms with E-state index in [1.54, 1.807) is 23.5 Å². The van der Waals surface area contributed by atoms with Crippen LogP contribution in [0.1, 0.15) is 24.0 Å². The predicted molar refractivity (Wildman–Crippen MR) is 98.0 cm³/mol. The molecule has 0 unspecified atom stereocenters. The first-order chi connectivity index (χ1) is 12.1. The van der Waals surface area contributed by atoms with Crippen molar-refractivity contribution in [3.05, 3.63) is 59.7 Å². The second kappa shape index (κ2) is 7.99. The number of hydrogen-bond acceptors (Lipinski definition) is 4. The minimum atomic E-state index is -3.32. The fourth-order valence-electron chi connectivity index (χ4n) is 2.95. The minimum Gasteiger partial charge on any atom is -0.497 e. The Labute approximate surface area is 149 Å². The van der Waals surface area contributed by atoms with Crippen LogP contribution in [0.3, 0.4) is 0 Å². The molecule has 1 aliphatic rings. The Morgan fingerprint density at radius 1 is 0.920 bits per heavy atom. The molecule has 0 radical (unpaired) electrons. The van der Waals surface area contributed by atoms with Crippen LogP contribution in [0.2, 0.25) is 0 Å². The van der Waals surface area contributed by atoms with Gasteiger partial charge in [0.1, 0.15) is 5.75 Å². The topological polar surface area (TPSA) is 58.6 Å². The lowest BCUT2D eigenvalue weighted by atomic mass is 10.2. The average Bonchev–Trinajstić information content (AvgIpc) is 3.18. The summed E-state index contributed by atoms with van der Waals surface area (Å²) in [6, 6.07) is 15.1. The molecular formula is C19H24N2O3S. The number of nitrogens with one attached hydrogen (secondary N) is 1. The third-order valence-electron chi connectivity index (χ3n) is 4.44. The molecule has 6 heteroatoms. The Balaban J connectivity index is 1.55. The van der Waals surface area contributed by atoms with Crippen LogP contribution >= 0.6 is 0 Å². The van der Waals surface area contributed by atoms with Crippen LogP contribution in [0.5, 0.6) is 5.75 Å². The maximum Gasteiger partial charge on any atom is 0.243 e. The maximum atomic E-state index is 12.5. The van der Waals surface area contributed by atoms with Crippen molar-refractivity contribution in [2.75, 3.05) is 20.2 Å².